The highest BCUT2D eigenvalue weighted by atomic mass is 32.1. The van der Waals surface area contributed by atoms with E-state index >= 15 is 0 Å². The fourth-order valence-corrected chi connectivity index (χ4v) is 4.79. The number of hydrogen-bond acceptors (Lipinski definition) is 6. The zero-order valence-electron chi connectivity index (χ0n) is 16.8. The van der Waals surface area contributed by atoms with Crippen LogP contribution in [-0.4, -0.2) is 28.3 Å². The number of hydrogen-bond donors (Lipinski definition) is 0. The second-order valence-electron chi connectivity index (χ2n) is 8.08. The molecule has 1 aliphatic rings. The van der Waals surface area contributed by atoms with Crippen LogP contribution in [0.25, 0.3) is 10.3 Å². The Morgan fingerprint density at radius 1 is 1.34 bits per heavy atom. The minimum absolute atomic E-state index is 0.103. The van der Waals surface area contributed by atoms with E-state index in [1.165, 1.54) is 5.56 Å². The molecule has 1 aromatic carbocycles. The van der Waals surface area contributed by atoms with E-state index in [2.05, 4.69) is 28.1 Å². The van der Waals surface area contributed by atoms with Gasteiger partial charge >= 0.3 is 0 Å². The Morgan fingerprint density at radius 2 is 2.14 bits per heavy atom. The first-order valence-corrected chi connectivity index (χ1v) is 10.8. The third-order valence-corrected chi connectivity index (χ3v) is 6.64. The minimum atomic E-state index is -0.588. The van der Waals surface area contributed by atoms with Crippen LogP contribution in [0.5, 0.6) is 0 Å². The smallest absolute Gasteiger partial charge is 0.188 e. The zero-order valence-corrected chi connectivity index (χ0v) is 17.6. The monoisotopic (exact) mass is 404 g/mol. The lowest BCUT2D eigenvalue weighted by molar-refractivity contribution is -0.120. The molecule has 0 aliphatic carbocycles. The number of aromatic nitrogens is 2. The van der Waals surface area contributed by atoms with Crippen molar-refractivity contribution in [2.24, 2.45) is 0 Å². The molecular weight excluding hydrogens is 380 g/mol. The van der Waals surface area contributed by atoms with Gasteiger partial charge in [-0.25, -0.2) is 4.98 Å². The van der Waals surface area contributed by atoms with Crippen LogP contribution in [-0.2, 0) is 16.6 Å². The summed E-state index contributed by atoms with van der Waals surface area (Å²) in [5.74, 6) is 0.282. The van der Waals surface area contributed by atoms with E-state index in [1.807, 2.05) is 38.1 Å². The average Bonchev–Trinajstić information content (AvgIpc) is 3.38. The first-order chi connectivity index (χ1) is 14.0. The third-order valence-electron chi connectivity index (χ3n) is 5.61. The molecule has 3 heterocycles. The number of ketones is 1. The Hall–Kier alpha value is -2.78. The number of anilines is 1. The lowest BCUT2D eigenvalue weighted by atomic mass is 9.88. The molecule has 1 saturated heterocycles. The van der Waals surface area contributed by atoms with E-state index in [0.29, 0.717) is 12.1 Å². The molecule has 0 saturated carbocycles. The quantitative estimate of drug-likeness (QED) is 0.597. The van der Waals surface area contributed by atoms with E-state index in [4.69, 9.17) is 4.98 Å². The van der Waals surface area contributed by atoms with Crippen LogP contribution in [0.15, 0.2) is 42.6 Å². The Labute approximate surface area is 175 Å². The van der Waals surface area contributed by atoms with Crippen molar-refractivity contribution < 1.29 is 4.79 Å². The van der Waals surface area contributed by atoms with Crippen LogP contribution in [0.1, 0.15) is 44.2 Å². The van der Waals surface area contributed by atoms with Gasteiger partial charge in [-0.3, -0.25) is 4.79 Å². The standard InChI is InChI=1S/C23H24N4OS/c1-23(2,15-24)17-13-20-21(25-14-17)26-22(29-20)27-12-6-9-18(27)19(28)11-10-16-7-4-3-5-8-16/h3-5,7-8,13-14,18H,6,9-12H2,1-2H3/t18-/m1/s1. The third kappa shape index (κ3) is 4.01. The largest absolute Gasteiger partial charge is 0.338 e. The molecule has 29 heavy (non-hydrogen) atoms. The summed E-state index contributed by atoms with van der Waals surface area (Å²) in [7, 11) is 0. The summed E-state index contributed by atoms with van der Waals surface area (Å²) in [6.45, 7) is 4.62. The van der Waals surface area contributed by atoms with Gasteiger partial charge in [-0.1, -0.05) is 41.7 Å². The van der Waals surface area contributed by atoms with Crippen LogP contribution < -0.4 is 4.90 Å². The number of rotatable bonds is 6. The molecule has 148 valence electrons. The predicted octanol–water partition coefficient (Wildman–Crippen LogP) is 4.66. The van der Waals surface area contributed by atoms with Gasteiger partial charge < -0.3 is 4.90 Å². The second-order valence-corrected chi connectivity index (χ2v) is 9.09. The van der Waals surface area contributed by atoms with E-state index < -0.39 is 5.41 Å². The number of pyridine rings is 1. The van der Waals surface area contributed by atoms with Crippen LogP contribution in [0.2, 0.25) is 0 Å². The molecule has 0 N–H and O–H groups in total. The molecule has 2 aromatic heterocycles. The zero-order chi connectivity index (χ0) is 20.4. The Kier molecular flexibility index (Phi) is 5.33. The minimum Gasteiger partial charge on any atom is -0.338 e. The molecule has 0 amide bonds. The van der Waals surface area contributed by atoms with E-state index in [1.54, 1.807) is 17.5 Å². The number of thiazole rings is 1. The van der Waals surface area contributed by atoms with Gasteiger partial charge in [-0.2, -0.15) is 10.2 Å². The first kappa shape index (κ1) is 19.5. The number of carbonyl (C=O) groups excluding carboxylic acids is 1. The summed E-state index contributed by atoms with van der Waals surface area (Å²) in [6, 6.07) is 14.4. The summed E-state index contributed by atoms with van der Waals surface area (Å²) >= 11 is 1.56. The van der Waals surface area contributed by atoms with Gasteiger partial charge in [0.05, 0.1) is 22.2 Å². The van der Waals surface area contributed by atoms with Crippen molar-refractivity contribution in [3.8, 4) is 6.07 Å². The molecule has 1 fully saturated rings. The van der Waals surface area contributed by atoms with Gasteiger partial charge in [0.2, 0.25) is 0 Å². The Morgan fingerprint density at radius 3 is 2.90 bits per heavy atom. The highest BCUT2D eigenvalue weighted by Crippen LogP contribution is 2.35. The molecule has 6 heteroatoms. The van der Waals surface area contributed by atoms with Gasteiger partial charge in [0, 0.05) is 19.2 Å². The highest BCUT2D eigenvalue weighted by molar-refractivity contribution is 7.22. The number of benzene rings is 1. The van der Waals surface area contributed by atoms with E-state index in [0.717, 1.165) is 41.2 Å². The molecule has 0 bridgehead atoms. The summed E-state index contributed by atoms with van der Waals surface area (Å²) in [6.07, 6.45) is 4.94. The molecule has 1 aliphatic heterocycles. The SMILES string of the molecule is CC(C)(C#N)c1cnc2nc(N3CCC[C@@H]3C(=O)CCc3ccccc3)sc2c1. The van der Waals surface area contributed by atoms with Crippen molar-refractivity contribution in [1.82, 2.24) is 9.97 Å². The van der Waals surface area contributed by atoms with Gasteiger partial charge in [-0.05, 0) is 50.3 Å². The molecule has 0 unspecified atom stereocenters. The van der Waals surface area contributed by atoms with Crippen molar-refractivity contribution in [2.45, 2.75) is 51.0 Å². The maximum absolute atomic E-state index is 12.9. The number of nitrogens with zero attached hydrogens (tertiary/aromatic N) is 4. The van der Waals surface area contributed by atoms with Crippen LogP contribution in [0, 0.1) is 11.3 Å². The topological polar surface area (TPSA) is 69.9 Å². The molecular formula is C23H24N4OS. The lowest BCUT2D eigenvalue weighted by Crippen LogP contribution is -2.36. The molecule has 0 spiro atoms. The molecule has 3 aromatic rings. The van der Waals surface area contributed by atoms with Gasteiger partial charge in [0.1, 0.15) is 0 Å². The number of Topliss-reactive ketones (excluding diaryl/α,β-unsaturated/α-hetero) is 1. The van der Waals surface area contributed by atoms with Crippen LogP contribution in [0.4, 0.5) is 5.13 Å². The summed E-state index contributed by atoms with van der Waals surface area (Å²) < 4.78 is 0.961. The fraction of sp³-hybridized carbons (Fsp3) is 0.391. The number of nitriles is 1. The van der Waals surface area contributed by atoms with Crippen molar-refractivity contribution in [2.75, 3.05) is 11.4 Å². The van der Waals surface area contributed by atoms with Crippen molar-refractivity contribution in [3.05, 3.63) is 53.7 Å². The number of aryl methyl sites for hydroxylation is 1. The maximum atomic E-state index is 12.9. The van der Waals surface area contributed by atoms with Gasteiger partial charge in [-0.15, -0.1) is 0 Å². The number of carbonyl (C=O) groups is 1. The molecule has 1 atom stereocenters. The fourth-order valence-electron chi connectivity index (χ4n) is 3.75. The van der Waals surface area contributed by atoms with Crippen LogP contribution in [0.3, 0.4) is 0 Å². The second kappa shape index (κ2) is 7.92. The summed E-state index contributed by atoms with van der Waals surface area (Å²) in [4.78, 5) is 24.2. The Balaban J connectivity index is 1.53. The van der Waals surface area contributed by atoms with E-state index in [9.17, 15) is 10.1 Å². The average molecular weight is 405 g/mol. The first-order valence-electron chi connectivity index (χ1n) is 9.99. The normalized spacial score (nSPS) is 16.9. The molecule has 0 radical (unpaired) electrons. The van der Waals surface area contributed by atoms with Crippen molar-refractivity contribution >= 4 is 32.6 Å². The predicted molar refractivity (Wildman–Crippen MR) is 116 cm³/mol. The van der Waals surface area contributed by atoms with Gasteiger partial charge in [0.25, 0.3) is 0 Å². The molecule has 4 rings (SSSR count). The lowest BCUT2D eigenvalue weighted by Gasteiger charge is -2.22. The van der Waals surface area contributed by atoms with Crippen molar-refractivity contribution in [3.63, 3.8) is 0 Å². The highest BCUT2D eigenvalue weighted by Gasteiger charge is 2.32. The summed E-state index contributed by atoms with van der Waals surface area (Å²) in [5, 5.41) is 10.2. The van der Waals surface area contributed by atoms with E-state index in [-0.39, 0.29) is 11.8 Å². The number of fused-ring (bicyclic) bond motifs is 1. The van der Waals surface area contributed by atoms with Gasteiger partial charge in [0.15, 0.2) is 16.6 Å². The van der Waals surface area contributed by atoms with Crippen molar-refractivity contribution in [1.29, 1.82) is 5.26 Å². The van der Waals surface area contributed by atoms with Crippen LogP contribution >= 0.6 is 11.3 Å². The maximum Gasteiger partial charge on any atom is 0.188 e. The molecule has 5 nitrogen and oxygen atoms in total. The Bertz CT molecular complexity index is 1070. The summed E-state index contributed by atoms with van der Waals surface area (Å²) in [5.41, 5.74) is 2.18.